The van der Waals surface area contributed by atoms with Gasteiger partial charge < -0.3 is 19.6 Å². The average Bonchev–Trinajstić information content (AvgIpc) is 3.23. The number of rotatable bonds is 9. The first kappa shape index (κ1) is 25.4. The number of carbonyl (C=O) groups is 3. The van der Waals surface area contributed by atoms with Gasteiger partial charge in [-0.15, -0.1) is 11.3 Å². The summed E-state index contributed by atoms with van der Waals surface area (Å²) < 4.78 is 5.07. The van der Waals surface area contributed by atoms with E-state index in [9.17, 15) is 19.5 Å². The number of amides is 2. The van der Waals surface area contributed by atoms with Crippen LogP contribution in [0, 0.1) is 0 Å². The number of thiophene rings is 1. The van der Waals surface area contributed by atoms with E-state index >= 15 is 0 Å². The standard InChI is InChI=1S/C26H29ClN2O5S/c1-2-34-24(32)15-28(14-18-7-9-20(27)10-8-18)25(33)26(17-30)11-12-29(26)23(31)13-19-16-35-22-6-4-3-5-21(19)22/h3,5,7-10,16,30H,2,4,6,11-15,17H2,1H3. The van der Waals surface area contributed by atoms with Gasteiger partial charge in [0.1, 0.15) is 12.1 Å². The van der Waals surface area contributed by atoms with Crippen LogP contribution in [-0.4, -0.2) is 64.5 Å². The molecule has 1 aromatic carbocycles. The van der Waals surface area contributed by atoms with E-state index in [4.69, 9.17) is 16.3 Å². The SMILES string of the molecule is CCOC(=O)CN(Cc1ccc(Cl)cc1)C(=O)C1(CO)CCN1C(=O)Cc1csc2c1C=CCC2. The Kier molecular flexibility index (Phi) is 7.94. The highest BCUT2D eigenvalue weighted by molar-refractivity contribution is 7.10. The summed E-state index contributed by atoms with van der Waals surface area (Å²) in [7, 11) is 0. The van der Waals surface area contributed by atoms with Crippen molar-refractivity contribution in [2.24, 2.45) is 0 Å². The number of benzene rings is 1. The smallest absolute Gasteiger partial charge is 0.325 e. The quantitative estimate of drug-likeness (QED) is 0.516. The summed E-state index contributed by atoms with van der Waals surface area (Å²) in [5, 5.41) is 12.9. The predicted octanol–water partition coefficient (Wildman–Crippen LogP) is 3.46. The van der Waals surface area contributed by atoms with Crippen molar-refractivity contribution in [3.8, 4) is 0 Å². The van der Waals surface area contributed by atoms with Crippen LogP contribution in [0.3, 0.4) is 0 Å². The first-order valence-electron chi connectivity index (χ1n) is 11.7. The molecule has 1 atom stereocenters. The van der Waals surface area contributed by atoms with E-state index in [1.165, 1.54) is 14.7 Å². The Bertz CT molecular complexity index is 1130. The molecule has 2 amide bonds. The Labute approximate surface area is 213 Å². The number of aryl methyl sites for hydroxylation is 1. The Morgan fingerprint density at radius 2 is 2.03 bits per heavy atom. The van der Waals surface area contributed by atoms with Crippen molar-refractivity contribution in [3.63, 3.8) is 0 Å². The highest BCUT2D eigenvalue weighted by Crippen LogP contribution is 2.35. The molecule has 35 heavy (non-hydrogen) atoms. The number of aliphatic hydroxyl groups is 1. The normalized spacial score (nSPS) is 18.5. The van der Waals surface area contributed by atoms with Crippen LogP contribution in [0.5, 0.6) is 0 Å². The van der Waals surface area contributed by atoms with Crippen molar-refractivity contribution in [1.82, 2.24) is 9.80 Å². The Morgan fingerprint density at radius 1 is 1.26 bits per heavy atom. The minimum absolute atomic E-state index is 0.126. The summed E-state index contributed by atoms with van der Waals surface area (Å²) in [6, 6.07) is 6.97. The number of fused-ring (bicyclic) bond motifs is 1. The molecule has 0 saturated carbocycles. The number of allylic oxidation sites excluding steroid dienone is 1. The van der Waals surface area contributed by atoms with Gasteiger partial charge in [0.15, 0.2) is 0 Å². The lowest BCUT2D eigenvalue weighted by Crippen LogP contribution is -2.71. The fourth-order valence-corrected chi connectivity index (χ4v) is 5.81. The highest BCUT2D eigenvalue weighted by atomic mass is 35.5. The van der Waals surface area contributed by atoms with E-state index < -0.39 is 24.0 Å². The second-order valence-corrected chi connectivity index (χ2v) is 10.2. The Morgan fingerprint density at radius 3 is 2.69 bits per heavy atom. The topological polar surface area (TPSA) is 87.2 Å². The van der Waals surface area contributed by atoms with Crippen LogP contribution in [-0.2, 0) is 38.5 Å². The van der Waals surface area contributed by atoms with Crippen LogP contribution >= 0.6 is 22.9 Å². The summed E-state index contributed by atoms with van der Waals surface area (Å²) >= 11 is 7.64. The van der Waals surface area contributed by atoms with E-state index in [-0.39, 0.29) is 32.0 Å². The maximum absolute atomic E-state index is 13.8. The third kappa shape index (κ3) is 5.29. The van der Waals surface area contributed by atoms with Crippen LogP contribution in [0.4, 0.5) is 0 Å². The molecule has 1 aliphatic heterocycles. The molecule has 9 heteroatoms. The average molecular weight is 517 g/mol. The van der Waals surface area contributed by atoms with E-state index in [0.717, 1.165) is 29.5 Å². The van der Waals surface area contributed by atoms with Crippen LogP contribution in [0.1, 0.15) is 41.3 Å². The van der Waals surface area contributed by atoms with Gasteiger partial charge in [0.25, 0.3) is 5.91 Å². The molecule has 7 nitrogen and oxygen atoms in total. The first-order valence-corrected chi connectivity index (χ1v) is 13.0. The molecule has 2 aromatic rings. The number of likely N-dealkylation sites (tertiary alicyclic amines) is 1. The van der Waals surface area contributed by atoms with Crippen molar-refractivity contribution >= 4 is 46.8 Å². The van der Waals surface area contributed by atoms with Crippen molar-refractivity contribution in [3.05, 3.63) is 62.3 Å². The van der Waals surface area contributed by atoms with Crippen LogP contribution in [0.15, 0.2) is 35.7 Å². The fraction of sp³-hybridized carbons (Fsp3) is 0.423. The molecule has 1 aliphatic carbocycles. The monoisotopic (exact) mass is 516 g/mol. The number of carbonyl (C=O) groups excluding carboxylic acids is 3. The van der Waals surface area contributed by atoms with E-state index in [1.54, 1.807) is 42.5 Å². The summed E-state index contributed by atoms with van der Waals surface area (Å²) in [4.78, 5) is 43.5. The predicted molar refractivity (Wildman–Crippen MR) is 135 cm³/mol. The molecule has 1 saturated heterocycles. The summed E-state index contributed by atoms with van der Waals surface area (Å²) in [5.41, 5.74) is 1.43. The number of nitrogens with zero attached hydrogens (tertiary/aromatic N) is 2. The zero-order chi connectivity index (χ0) is 25.0. The molecule has 0 bridgehead atoms. The van der Waals surface area contributed by atoms with Gasteiger partial charge >= 0.3 is 5.97 Å². The van der Waals surface area contributed by atoms with E-state index in [2.05, 4.69) is 12.2 Å². The first-order chi connectivity index (χ1) is 16.9. The largest absolute Gasteiger partial charge is 0.465 e. The number of hydrogen-bond acceptors (Lipinski definition) is 6. The van der Waals surface area contributed by atoms with Gasteiger partial charge in [-0.25, -0.2) is 0 Å². The van der Waals surface area contributed by atoms with Crippen molar-refractivity contribution in [2.45, 2.75) is 44.7 Å². The number of hydrogen-bond donors (Lipinski definition) is 1. The molecule has 2 heterocycles. The third-order valence-corrected chi connectivity index (χ3v) is 7.94. The van der Waals surface area contributed by atoms with Gasteiger partial charge in [-0.2, -0.15) is 0 Å². The maximum Gasteiger partial charge on any atom is 0.325 e. The second kappa shape index (κ2) is 10.9. The van der Waals surface area contributed by atoms with Crippen molar-refractivity contribution in [1.29, 1.82) is 0 Å². The van der Waals surface area contributed by atoms with Crippen LogP contribution < -0.4 is 0 Å². The van der Waals surface area contributed by atoms with E-state index in [0.29, 0.717) is 18.0 Å². The van der Waals surface area contributed by atoms with Gasteiger partial charge in [-0.3, -0.25) is 14.4 Å². The number of halogens is 1. The van der Waals surface area contributed by atoms with E-state index in [1.807, 2.05) is 5.38 Å². The third-order valence-electron chi connectivity index (χ3n) is 6.58. The lowest BCUT2D eigenvalue weighted by Gasteiger charge is -2.51. The number of esters is 1. The zero-order valence-corrected chi connectivity index (χ0v) is 21.2. The molecule has 186 valence electrons. The molecular weight excluding hydrogens is 488 g/mol. The lowest BCUT2D eigenvalue weighted by molar-refractivity contribution is -0.172. The summed E-state index contributed by atoms with van der Waals surface area (Å²) in [5.74, 6) is -1.22. The van der Waals surface area contributed by atoms with Gasteiger partial charge in [0.2, 0.25) is 5.91 Å². The molecule has 4 rings (SSSR count). The van der Waals surface area contributed by atoms with Crippen LogP contribution in [0.25, 0.3) is 6.08 Å². The molecule has 0 spiro atoms. The summed E-state index contributed by atoms with van der Waals surface area (Å²) in [6.07, 6.45) is 6.64. The molecule has 1 aromatic heterocycles. The number of ether oxygens (including phenoxy) is 1. The molecule has 1 unspecified atom stereocenters. The molecule has 0 radical (unpaired) electrons. The zero-order valence-electron chi connectivity index (χ0n) is 19.7. The molecule has 1 fully saturated rings. The highest BCUT2D eigenvalue weighted by Gasteiger charge is 2.54. The number of aliphatic hydroxyl groups excluding tert-OH is 1. The Hall–Kier alpha value is -2.68. The van der Waals surface area contributed by atoms with Gasteiger partial charge in [-0.1, -0.05) is 35.9 Å². The summed E-state index contributed by atoms with van der Waals surface area (Å²) in [6.45, 7) is 1.60. The Balaban J connectivity index is 1.54. The van der Waals surface area contributed by atoms with Gasteiger partial charge in [0.05, 0.1) is 19.6 Å². The molecule has 2 aliphatic rings. The van der Waals surface area contributed by atoms with Crippen molar-refractivity contribution in [2.75, 3.05) is 26.3 Å². The molecule has 1 N–H and O–H groups in total. The van der Waals surface area contributed by atoms with Gasteiger partial charge in [0, 0.05) is 23.0 Å². The lowest BCUT2D eigenvalue weighted by atomic mass is 9.82. The van der Waals surface area contributed by atoms with Crippen molar-refractivity contribution < 1.29 is 24.2 Å². The minimum atomic E-state index is -1.39. The maximum atomic E-state index is 13.8. The van der Waals surface area contributed by atoms with Gasteiger partial charge in [-0.05, 0) is 60.4 Å². The fourth-order valence-electron chi connectivity index (χ4n) is 4.63. The van der Waals surface area contributed by atoms with Crippen LogP contribution in [0.2, 0.25) is 5.02 Å². The minimum Gasteiger partial charge on any atom is -0.465 e. The molecular formula is C26H29ClN2O5S. The second-order valence-electron chi connectivity index (χ2n) is 8.79.